The first-order valence-electron chi connectivity index (χ1n) is 8.20. The van der Waals surface area contributed by atoms with Crippen molar-refractivity contribution in [2.24, 2.45) is 5.92 Å². The molecule has 0 aromatic carbocycles. The van der Waals surface area contributed by atoms with Crippen molar-refractivity contribution >= 4 is 23.2 Å². The Morgan fingerprint density at radius 1 is 1.18 bits per heavy atom. The van der Waals surface area contributed by atoms with Gasteiger partial charge >= 0.3 is 0 Å². The Bertz CT molecular complexity index is 581. The van der Waals surface area contributed by atoms with E-state index in [4.69, 9.17) is 0 Å². The first-order chi connectivity index (χ1) is 10.6. The summed E-state index contributed by atoms with van der Waals surface area (Å²) in [5.74, 6) is 1.00. The molecule has 1 saturated heterocycles. The molecule has 1 atom stereocenters. The summed E-state index contributed by atoms with van der Waals surface area (Å²) in [4.78, 5) is 29.6. The van der Waals surface area contributed by atoms with Crippen LogP contribution in [0.15, 0.2) is 5.38 Å². The number of nitrogens with zero attached hydrogens (tertiary/aromatic N) is 2. The van der Waals surface area contributed by atoms with Crippen LogP contribution in [-0.2, 0) is 17.6 Å². The standard InChI is InChI=1S/C17H24N2O2S/c1-12-4-5-14-15(11-22-16(14)10-12)17(21)19-7-3-6-18(8-9-19)13(2)20/h11-12H,3-10H2,1-2H3/t12-/m0/s1. The van der Waals surface area contributed by atoms with Gasteiger partial charge in [-0.3, -0.25) is 9.59 Å². The minimum Gasteiger partial charge on any atom is -0.341 e. The molecule has 0 N–H and O–H groups in total. The number of carbonyl (C=O) groups excluding carboxylic acids is 2. The van der Waals surface area contributed by atoms with E-state index in [0.29, 0.717) is 13.1 Å². The SMILES string of the molecule is CC(=O)N1CCCN(C(=O)c2csc3c2CC[C@H](C)C3)CC1. The maximum absolute atomic E-state index is 12.9. The third-order valence-electron chi connectivity index (χ3n) is 4.86. The van der Waals surface area contributed by atoms with Gasteiger partial charge in [0.15, 0.2) is 0 Å². The molecular weight excluding hydrogens is 296 g/mol. The highest BCUT2D eigenvalue weighted by molar-refractivity contribution is 7.10. The van der Waals surface area contributed by atoms with Crippen LogP contribution in [0.5, 0.6) is 0 Å². The highest BCUT2D eigenvalue weighted by Gasteiger charge is 2.27. The van der Waals surface area contributed by atoms with Crippen LogP contribution in [0.4, 0.5) is 0 Å². The largest absolute Gasteiger partial charge is 0.341 e. The third kappa shape index (κ3) is 3.05. The van der Waals surface area contributed by atoms with Crippen LogP contribution in [0.1, 0.15) is 47.5 Å². The molecule has 0 bridgehead atoms. The van der Waals surface area contributed by atoms with E-state index in [2.05, 4.69) is 12.3 Å². The van der Waals surface area contributed by atoms with Gasteiger partial charge in [-0.2, -0.15) is 0 Å². The van der Waals surface area contributed by atoms with Crippen LogP contribution >= 0.6 is 11.3 Å². The molecule has 120 valence electrons. The van der Waals surface area contributed by atoms with Crippen molar-refractivity contribution in [2.75, 3.05) is 26.2 Å². The van der Waals surface area contributed by atoms with Gasteiger partial charge in [0, 0.05) is 43.4 Å². The molecule has 1 aliphatic carbocycles. The molecule has 0 radical (unpaired) electrons. The van der Waals surface area contributed by atoms with Gasteiger partial charge in [0.25, 0.3) is 5.91 Å². The summed E-state index contributed by atoms with van der Waals surface area (Å²) in [5, 5.41) is 2.05. The van der Waals surface area contributed by atoms with E-state index < -0.39 is 0 Å². The molecule has 1 aliphatic heterocycles. The van der Waals surface area contributed by atoms with Gasteiger partial charge < -0.3 is 9.80 Å². The fraction of sp³-hybridized carbons (Fsp3) is 0.647. The Morgan fingerprint density at radius 2 is 1.91 bits per heavy atom. The summed E-state index contributed by atoms with van der Waals surface area (Å²) in [7, 11) is 0. The molecule has 0 unspecified atom stereocenters. The number of thiophene rings is 1. The minimum atomic E-state index is 0.108. The lowest BCUT2D eigenvalue weighted by molar-refractivity contribution is -0.128. The van der Waals surface area contributed by atoms with Crippen molar-refractivity contribution in [3.05, 3.63) is 21.4 Å². The summed E-state index contributed by atoms with van der Waals surface area (Å²) < 4.78 is 0. The second-order valence-corrected chi connectivity index (χ2v) is 7.52. The van der Waals surface area contributed by atoms with Gasteiger partial charge in [-0.15, -0.1) is 11.3 Å². The average molecular weight is 320 g/mol. The second-order valence-electron chi connectivity index (χ2n) is 6.55. The van der Waals surface area contributed by atoms with Gasteiger partial charge in [-0.05, 0) is 37.2 Å². The van der Waals surface area contributed by atoms with Gasteiger partial charge in [0.1, 0.15) is 0 Å². The molecule has 3 rings (SSSR count). The number of amides is 2. The molecular formula is C17H24N2O2S. The molecule has 1 aromatic rings. The van der Waals surface area contributed by atoms with Crippen LogP contribution < -0.4 is 0 Å². The third-order valence-corrected chi connectivity index (χ3v) is 5.91. The molecule has 2 aliphatic rings. The lowest BCUT2D eigenvalue weighted by atomic mass is 9.88. The zero-order valence-corrected chi connectivity index (χ0v) is 14.2. The van der Waals surface area contributed by atoms with Crippen molar-refractivity contribution in [3.8, 4) is 0 Å². The van der Waals surface area contributed by atoms with Gasteiger partial charge in [-0.25, -0.2) is 0 Å². The zero-order chi connectivity index (χ0) is 15.7. The number of rotatable bonds is 1. The average Bonchev–Trinajstić information content (AvgIpc) is 2.74. The van der Waals surface area contributed by atoms with Crippen LogP contribution in [0.3, 0.4) is 0 Å². The smallest absolute Gasteiger partial charge is 0.255 e. The van der Waals surface area contributed by atoms with Crippen molar-refractivity contribution in [1.82, 2.24) is 9.80 Å². The number of hydrogen-bond acceptors (Lipinski definition) is 3. The molecule has 1 aromatic heterocycles. The maximum Gasteiger partial charge on any atom is 0.255 e. The van der Waals surface area contributed by atoms with E-state index in [-0.39, 0.29) is 11.8 Å². The highest BCUT2D eigenvalue weighted by Crippen LogP contribution is 2.33. The highest BCUT2D eigenvalue weighted by atomic mass is 32.1. The van der Waals surface area contributed by atoms with E-state index >= 15 is 0 Å². The van der Waals surface area contributed by atoms with Crippen LogP contribution in [0.2, 0.25) is 0 Å². The van der Waals surface area contributed by atoms with Crippen LogP contribution in [-0.4, -0.2) is 47.8 Å². The van der Waals surface area contributed by atoms with Gasteiger partial charge in [0.05, 0.1) is 5.56 Å². The van der Waals surface area contributed by atoms with Gasteiger partial charge in [0.2, 0.25) is 5.91 Å². The Labute approximate surface area is 136 Å². The Kier molecular flexibility index (Phi) is 4.52. The minimum absolute atomic E-state index is 0.108. The molecule has 4 nitrogen and oxygen atoms in total. The lowest BCUT2D eigenvalue weighted by Gasteiger charge is -2.23. The number of hydrogen-bond donors (Lipinski definition) is 0. The summed E-state index contributed by atoms with van der Waals surface area (Å²) in [5.41, 5.74) is 2.21. The predicted octanol–water partition coefficient (Wildman–Crippen LogP) is 2.57. The predicted molar refractivity (Wildman–Crippen MR) is 88.3 cm³/mol. The van der Waals surface area contributed by atoms with E-state index in [1.807, 2.05) is 9.80 Å². The molecule has 2 heterocycles. The second kappa shape index (κ2) is 6.41. The Morgan fingerprint density at radius 3 is 2.68 bits per heavy atom. The number of carbonyl (C=O) groups is 2. The Hall–Kier alpha value is -1.36. The molecule has 0 spiro atoms. The lowest BCUT2D eigenvalue weighted by Crippen LogP contribution is -2.36. The summed E-state index contributed by atoms with van der Waals surface area (Å²) in [6.07, 6.45) is 4.21. The quantitative estimate of drug-likeness (QED) is 0.798. The first-order valence-corrected chi connectivity index (χ1v) is 9.08. The van der Waals surface area contributed by atoms with Crippen molar-refractivity contribution in [1.29, 1.82) is 0 Å². The fourth-order valence-electron chi connectivity index (χ4n) is 3.46. The molecule has 1 fully saturated rings. The van der Waals surface area contributed by atoms with Gasteiger partial charge in [-0.1, -0.05) is 6.92 Å². The van der Waals surface area contributed by atoms with E-state index in [9.17, 15) is 9.59 Å². The van der Waals surface area contributed by atoms with Crippen molar-refractivity contribution in [2.45, 2.75) is 39.5 Å². The molecule has 5 heteroatoms. The van der Waals surface area contributed by atoms with Crippen molar-refractivity contribution in [3.63, 3.8) is 0 Å². The molecule has 0 saturated carbocycles. The Balaban J connectivity index is 1.73. The topological polar surface area (TPSA) is 40.6 Å². The first kappa shape index (κ1) is 15.5. The summed E-state index contributed by atoms with van der Waals surface area (Å²) in [6, 6.07) is 0. The zero-order valence-electron chi connectivity index (χ0n) is 13.4. The fourth-order valence-corrected chi connectivity index (χ4v) is 4.70. The van der Waals surface area contributed by atoms with E-state index in [1.54, 1.807) is 18.3 Å². The van der Waals surface area contributed by atoms with E-state index in [0.717, 1.165) is 43.8 Å². The van der Waals surface area contributed by atoms with E-state index in [1.165, 1.54) is 16.9 Å². The molecule has 2 amide bonds. The monoisotopic (exact) mass is 320 g/mol. The van der Waals surface area contributed by atoms with Crippen LogP contribution in [0.25, 0.3) is 0 Å². The molecule has 22 heavy (non-hydrogen) atoms. The summed E-state index contributed by atoms with van der Waals surface area (Å²) in [6.45, 7) is 6.72. The normalized spacial score (nSPS) is 22.2. The maximum atomic E-state index is 12.9. The number of fused-ring (bicyclic) bond motifs is 1. The van der Waals surface area contributed by atoms with Crippen molar-refractivity contribution < 1.29 is 9.59 Å². The van der Waals surface area contributed by atoms with Crippen LogP contribution in [0, 0.1) is 5.92 Å². The summed E-state index contributed by atoms with van der Waals surface area (Å²) >= 11 is 1.75.